The third-order valence-electron chi connectivity index (χ3n) is 7.24. The summed E-state index contributed by atoms with van der Waals surface area (Å²) in [6.45, 7) is 13.1. The Balaban J connectivity index is 2.01. The van der Waals surface area contributed by atoms with Gasteiger partial charge in [-0.05, 0) is 70.0 Å². The number of hydrogen-bond donors (Lipinski definition) is 0. The second-order valence-corrected chi connectivity index (χ2v) is 10.7. The van der Waals surface area contributed by atoms with Crippen molar-refractivity contribution >= 4 is 12.6 Å². The monoisotopic (exact) mass is 428 g/mol. The number of hydrogen-bond acceptors (Lipinski definition) is 2. The van der Waals surface area contributed by atoms with E-state index in [-0.39, 0.29) is 18.3 Å². The van der Waals surface area contributed by atoms with E-state index in [9.17, 15) is 0 Å². The maximum Gasteiger partial charge on any atom is 0.494 e. The van der Waals surface area contributed by atoms with Gasteiger partial charge in [0.05, 0.1) is 11.2 Å². The summed E-state index contributed by atoms with van der Waals surface area (Å²) in [5, 5.41) is 0. The fraction of sp³-hybridized carbons (Fsp3) is 0.786. The quantitative estimate of drug-likeness (QED) is 0.210. The van der Waals surface area contributed by atoms with Crippen LogP contribution in [-0.2, 0) is 22.2 Å². The van der Waals surface area contributed by atoms with Gasteiger partial charge in [0.25, 0.3) is 0 Å². The summed E-state index contributed by atoms with van der Waals surface area (Å²) in [6, 6.07) is 7.14. The van der Waals surface area contributed by atoms with Crippen molar-refractivity contribution < 1.29 is 9.31 Å². The molecule has 1 aliphatic rings. The van der Waals surface area contributed by atoms with Crippen LogP contribution in [0.1, 0.15) is 130 Å². The minimum Gasteiger partial charge on any atom is -0.399 e. The molecule has 0 aromatic heterocycles. The van der Waals surface area contributed by atoms with Gasteiger partial charge in [0.2, 0.25) is 0 Å². The molecule has 1 aromatic rings. The Labute approximate surface area is 194 Å². The summed E-state index contributed by atoms with van der Waals surface area (Å²) in [4.78, 5) is 0. The summed E-state index contributed by atoms with van der Waals surface area (Å²) in [5.74, 6) is 0. The van der Waals surface area contributed by atoms with E-state index in [0.29, 0.717) is 0 Å². The molecular formula is C28H49BO2. The maximum absolute atomic E-state index is 6.38. The SMILES string of the molecule is CCCCCCCCc1cc(CCCCCCCC)cc(B2OC(C)(C)C(C)(C)O2)c1. The van der Waals surface area contributed by atoms with Gasteiger partial charge in [0.1, 0.15) is 0 Å². The second kappa shape index (κ2) is 13.0. The molecule has 0 atom stereocenters. The molecule has 0 aliphatic carbocycles. The van der Waals surface area contributed by atoms with Gasteiger partial charge in [0.15, 0.2) is 0 Å². The molecule has 0 N–H and O–H groups in total. The van der Waals surface area contributed by atoms with Gasteiger partial charge in [-0.15, -0.1) is 0 Å². The zero-order valence-corrected chi connectivity index (χ0v) is 21.5. The lowest BCUT2D eigenvalue weighted by atomic mass is 9.76. The Morgan fingerprint density at radius 2 is 0.968 bits per heavy atom. The molecule has 1 aliphatic heterocycles. The third kappa shape index (κ3) is 8.58. The van der Waals surface area contributed by atoms with Crippen LogP contribution in [0, 0.1) is 0 Å². The van der Waals surface area contributed by atoms with Crippen LogP contribution in [0.4, 0.5) is 0 Å². The molecule has 1 saturated heterocycles. The largest absolute Gasteiger partial charge is 0.494 e. The van der Waals surface area contributed by atoms with E-state index in [2.05, 4.69) is 59.7 Å². The van der Waals surface area contributed by atoms with E-state index in [1.165, 1.54) is 106 Å². The van der Waals surface area contributed by atoms with E-state index in [1.807, 2.05) is 0 Å². The molecule has 1 aromatic carbocycles. The Bertz CT molecular complexity index is 588. The van der Waals surface area contributed by atoms with Gasteiger partial charge in [0, 0.05) is 0 Å². The lowest BCUT2D eigenvalue weighted by Crippen LogP contribution is -2.41. The van der Waals surface area contributed by atoms with Crippen molar-refractivity contribution in [3.05, 3.63) is 29.3 Å². The minimum absolute atomic E-state index is 0.252. The standard InChI is InChI=1S/C28H49BO2/c1-7-9-11-13-15-17-19-24-21-25(20-18-16-14-12-10-8-2)23-26(22-24)29-30-27(3,4)28(5,6)31-29/h21-23H,7-20H2,1-6H3. The molecule has 0 amide bonds. The smallest absolute Gasteiger partial charge is 0.399 e. The highest BCUT2D eigenvalue weighted by Crippen LogP contribution is 2.36. The number of unbranched alkanes of at least 4 members (excludes halogenated alkanes) is 10. The van der Waals surface area contributed by atoms with E-state index in [0.717, 1.165) is 0 Å². The summed E-state index contributed by atoms with van der Waals surface area (Å²) < 4.78 is 12.8. The van der Waals surface area contributed by atoms with Gasteiger partial charge in [-0.2, -0.15) is 0 Å². The fourth-order valence-corrected chi connectivity index (χ4v) is 4.41. The highest BCUT2D eigenvalue weighted by atomic mass is 16.7. The molecule has 1 heterocycles. The first-order valence-electron chi connectivity index (χ1n) is 13.3. The zero-order valence-electron chi connectivity index (χ0n) is 21.5. The molecule has 0 bridgehead atoms. The van der Waals surface area contributed by atoms with Crippen molar-refractivity contribution in [2.24, 2.45) is 0 Å². The van der Waals surface area contributed by atoms with Crippen molar-refractivity contribution in [1.29, 1.82) is 0 Å². The van der Waals surface area contributed by atoms with Gasteiger partial charge in [-0.1, -0.05) is 96.3 Å². The first-order chi connectivity index (χ1) is 14.8. The van der Waals surface area contributed by atoms with Crippen LogP contribution in [0.5, 0.6) is 0 Å². The molecule has 1 fully saturated rings. The van der Waals surface area contributed by atoms with Crippen LogP contribution < -0.4 is 5.46 Å². The predicted octanol–water partition coefficient (Wildman–Crippen LogP) is 7.79. The summed E-state index contributed by atoms with van der Waals surface area (Å²) >= 11 is 0. The Hall–Kier alpha value is -0.795. The molecule has 0 saturated carbocycles. The third-order valence-corrected chi connectivity index (χ3v) is 7.24. The van der Waals surface area contributed by atoms with Crippen LogP contribution in [0.15, 0.2) is 18.2 Å². The number of rotatable bonds is 15. The van der Waals surface area contributed by atoms with Gasteiger partial charge in [-0.3, -0.25) is 0 Å². The van der Waals surface area contributed by atoms with E-state index in [1.54, 1.807) is 0 Å². The predicted molar refractivity (Wildman–Crippen MR) is 136 cm³/mol. The summed E-state index contributed by atoms with van der Waals surface area (Å²) in [7, 11) is -0.252. The average Bonchev–Trinajstić information content (AvgIpc) is 2.94. The minimum atomic E-state index is -0.285. The van der Waals surface area contributed by atoms with Crippen LogP contribution in [0.3, 0.4) is 0 Å². The normalized spacial score (nSPS) is 17.4. The number of benzene rings is 1. The average molecular weight is 429 g/mol. The lowest BCUT2D eigenvalue weighted by molar-refractivity contribution is 0.00578. The molecular weight excluding hydrogens is 379 g/mol. The van der Waals surface area contributed by atoms with Crippen molar-refractivity contribution in [1.82, 2.24) is 0 Å². The van der Waals surface area contributed by atoms with Crippen molar-refractivity contribution in [3.63, 3.8) is 0 Å². The van der Waals surface area contributed by atoms with Gasteiger partial charge >= 0.3 is 7.12 Å². The zero-order chi connectivity index (χ0) is 22.7. The Morgan fingerprint density at radius 3 is 1.39 bits per heavy atom. The van der Waals surface area contributed by atoms with Gasteiger partial charge in [-0.25, -0.2) is 0 Å². The van der Waals surface area contributed by atoms with Crippen LogP contribution in [0.25, 0.3) is 0 Å². The van der Waals surface area contributed by atoms with Crippen LogP contribution in [-0.4, -0.2) is 18.3 Å². The molecule has 2 nitrogen and oxygen atoms in total. The van der Waals surface area contributed by atoms with Crippen molar-refractivity contribution in [2.75, 3.05) is 0 Å². The molecule has 176 valence electrons. The molecule has 2 rings (SSSR count). The number of aryl methyl sites for hydroxylation is 2. The molecule has 0 spiro atoms. The highest BCUT2D eigenvalue weighted by molar-refractivity contribution is 6.62. The lowest BCUT2D eigenvalue weighted by Gasteiger charge is -2.32. The maximum atomic E-state index is 6.38. The molecule has 0 radical (unpaired) electrons. The molecule has 0 unspecified atom stereocenters. The fourth-order valence-electron chi connectivity index (χ4n) is 4.41. The molecule has 3 heteroatoms. The Kier molecular flexibility index (Phi) is 11.1. The summed E-state index contributed by atoms with van der Waals surface area (Å²) in [6.07, 6.45) is 18.5. The van der Waals surface area contributed by atoms with E-state index >= 15 is 0 Å². The van der Waals surface area contributed by atoms with Crippen molar-refractivity contribution in [3.8, 4) is 0 Å². The first kappa shape index (κ1) is 26.5. The van der Waals surface area contributed by atoms with E-state index < -0.39 is 0 Å². The second-order valence-electron chi connectivity index (χ2n) is 10.7. The highest BCUT2D eigenvalue weighted by Gasteiger charge is 2.51. The molecule has 31 heavy (non-hydrogen) atoms. The first-order valence-corrected chi connectivity index (χ1v) is 13.3. The van der Waals surface area contributed by atoms with Gasteiger partial charge < -0.3 is 9.31 Å². The summed E-state index contributed by atoms with van der Waals surface area (Å²) in [5.41, 5.74) is 3.56. The van der Waals surface area contributed by atoms with Crippen LogP contribution >= 0.6 is 0 Å². The topological polar surface area (TPSA) is 18.5 Å². The van der Waals surface area contributed by atoms with E-state index in [4.69, 9.17) is 9.31 Å². The van der Waals surface area contributed by atoms with Crippen molar-refractivity contribution in [2.45, 2.75) is 143 Å². The van der Waals surface area contributed by atoms with Crippen LogP contribution in [0.2, 0.25) is 0 Å². The Morgan fingerprint density at radius 1 is 0.581 bits per heavy atom.